The van der Waals surface area contributed by atoms with E-state index in [4.69, 9.17) is 9.47 Å². The Bertz CT molecular complexity index is 1780. The average molecular weight is 938 g/mol. The normalized spacial score (nSPS) is 21.7. The van der Waals surface area contributed by atoms with Gasteiger partial charge in [-0.15, -0.1) is 0 Å². The molecule has 12 atom stereocenters. The van der Waals surface area contributed by atoms with Crippen molar-refractivity contribution in [2.45, 2.75) is 182 Å². The van der Waals surface area contributed by atoms with Crippen molar-refractivity contribution in [3.05, 3.63) is 35.9 Å². The fraction of sp³-hybridized carbons (Fsp3) is 0.759. The van der Waals surface area contributed by atoms with Gasteiger partial charge in [0.25, 0.3) is 0 Å². The Morgan fingerprint density at radius 1 is 0.806 bits per heavy atom. The van der Waals surface area contributed by atoms with Crippen molar-refractivity contribution in [2.24, 2.45) is 47.3 Å². The molecule has 2 unspecified atom stereocenters. The summed E-state index contributed by atoms with van der Waals surface area (Å²) in [7, 11) is 6.51. The van der Waals surface area contributed by atoms with Crippen molar-refractivity contribution >= 4 is 40.9 Å². The number of hydrogen-bond acceptors (Lipinski definition) is 10. The van der Waals surface area contributed by atoms with Crippen molar-refractivity contribution in [3.63, 3.8) is 0 Å². The van der Waals surface area contributed by atoms with E-state index < -0.39 is 48.1 Å². The highest BCUT2D eigenvalue weighted by atomic mass is 16.5. The first-order valence-corrected chi connectivity index (χ1v) is 25.4. The SMILES string of the molecule is CCC1CC(=O)C(CCCCCC(=O)N(C)[C@H](C(=O)C[C@H](C(=O)N(C)[C@@H]([C@@H](C)CC)[C@@H](CC(=O)N2CCC[C@H]2[C@H](OC)[C@@H](C)C(=O)C[C@H](C)[C@@H](O)c2ccccc2)OC)C(C)C)C(C)C)C1=O. The first-order chi connectivity index (χ1) is 31.7. The third-order valence-electron chi connectivity index (χ3n) is 15.3. The lowest BCUT2D eigenvalue weighted by atomic mass is 9.83. The number of carbonyl (C=O) groups is 7. The molecule has 0 spiro atoms. The van der Waals surface area contributed by atoms with E-state index >= 15 is 0 Å². The van der Waals surface area contributed by atoms with Gasteiger partial charge >= 0.3 is 0 Å². The van der Waals surface area contributed by atoms with E-state index in [-0.39, 0.29) is 102 Å². The molecule has 378 valence electrons. The Kier molecular flexibility index (Phi) is 23.5. The molecule has 2 fully saturated rings. The van der Waals surface area contributed by atoms with Gasteiger partial charge in [0, 0.05) is 78.3 Å². The standard InChI is InChI=1S/C54H87N3O10/c1-14-35(7)50(46(66-12)32-48(62)57-28-22-26-42(57)53(67-13)37(9)43(58)29-36(8)51(63)39-23-18-16-19-24-39)56(11)54(65)41(33(3)4)31-45(60)49(34(5)6)55(10)47(61)27-21-17-20-25-40-44(59)30-38(15-2)52(40)64/h16,18-19,23-24,33-38,40-42,46,49-51,53,63H,14-15,17,20-22,25-32H2,1-13H3/t35-,36-,37-,38?,40?,41-,42-,46+,49-,50-,51+,53+/m0/s1. The van der Waals surface area contributed by atoms with Crippen molar-refractivity contribution in [1.82, 2.24) is 14.7 Å². The van der Waals surface area contributed by atoms with Gasteiger partial charge in [-0.1, -0.05) is 112 Å². The molecule has 1 aromatic carbocycles. The summed E-state index contributed by atoms with van der Waals surface area (Å²) in [5.41, 5.74) is 0.757. The summed E-state index contributed by atoms with van der Waals surface area (Å²) in [6.07, 6.45) is 3.96. The van der Waals surface area contributed by atoms with Crippen molar-refractivity contribution in [3.8, 4) is 0 Å². The van der Waals surface area contributed by atoms with Crippen molar-refractivity contribution in [1.29, 1.82) is 0 Å². The molecule has 1 aliphatic heterocycles. The Morgan fingerprint density at radius 2 is 1.46 bits per heavy atom. The number of nitrogens with zero attached hydrogens (tertiary/aromatic N) is 3. The lowest BCUT2D eigenvalue weighted by Crippen LogP contribution is -2.54. The number of ketones is 4. The largest absolute Gasteiger partial charge is 0.388 e. The number of Topliss-reactive ketones (excluding diaryl/α,β-unsaturated/α-hetero) is 4. The van der Waals surface area contributed by atoms with Gasteiger partial charge in [0.05, 0.1) is 48.8 Å². The van der Waals surface area contributed by atoms with Crippen molar-refractivity contribution in [2.75, 3.05) is 34.9 Å². The number of carbonyl (C=O) groups excluding carboxylic acids is 7. The molecule has 13 nitrogen and oxygen atoms in total. The van der Waals surface area contributed by atoms with E-state index in [0.717, 1.165) is 12.0 Å². The van der Waals surface area contributed by atoms with Crippen LogP contribution in [0.1, 0.15) is 157 Å². The highest BCUT2D eigenvalue weighted by molar-refractivity contribution is 6.09. The number of unbranched alkanes of at least 4 members (excludes halogenated alkanes) is 2. The monoisotopic (exact) mass is 938 g/mol. The molecule has 1 aromatic rings. The van der Waals surface area contributed by atoms with Crippen LogP contribution in [0.2, 0.25) is 0 Å². The second kappa shape index (κ2) is 27.4. The topological polar surface area (TPSA) is 168 Å². The third kappa shape index (κ3) is 15.1. The molecule has 1 heterocycles. The first kappa shape index (κ1) is 57.5. The summed E-state index contributed by atoms with van der Waals surface area (Å²) in [5, 5.41) is 11.0. The summed E-state index contributed by atoms with van der Waals surface area (Å²) in [5.74, 6) is -3.34. The predicted octanol–water partition coefficient (Wildman–Crippen LogP) is 8.08. The van der Waals surface area contributed by atoms with Gasteiger partial charge < -0.3 is 29.3 Å². The number of amides is 3. The second-order valence-electron chi connectivity index (χ2n) is 20.6. The first-order valence-electron chi connectivity index (χ1n) is 25.4. The Morgan fingerprint density at radius 3 is 2.01 bits per heavy atom. The predicted molar refractivity (Wildman–Crippen MR) is 261 cm³/mol. The minimum atomic E-state index is -0.791. The van der Waals surface area contributed by atoms with E-state index in [9.17, 15) is 38.7 Å². The van der Waals surface area contributed by atoms with Crippen LogP contribution in [0.15, 0.2) is 30.3 Å². The van der Waals surface area contributed by atoms with Crippen LogP contribution in [0.3, 0.4) is 0 Å². The molecule has 0 radical (unpaired) electrons. The minimum absolute atomic E-state index is 0.00243. The molecule has 67 heavy (non-hydrogen) atoms. The number of hydrogen-bond donors (Lipinski definition) is 1. The molecule has 3 rings (SSSR count). The Balaban J connectivity index is 1.69. The van der Waals surface area contributed by atoms with Crippen LogP contribution in [-0.4, -0.2) is 126 Å². The van der Waals surface area contributed by atoms with Gasteiger partial charge in [-0.25, -0.2) is 0 Å². The zero-order valence-electron chi connectivity index (χ0n) is 43.3. The van der Waals surface area contributed by atoms with Gasteiger partial charge in [0.15, 0.2) is 5.78 Å². The smallest absolute Gasteiger partial charge is 0.226 e. The fourth-order valence-electron chi connectivity index (χ4n) is 10.9. The summed E-state index contributed by atoms with van der Waals surface area (Å²) >= 11 is 0. The number of aliphatic hydroxyl groups excluding tert-OH is 1. The second-order valence-corrected chi connectivity index (χ2v) is 20.6. The molecule has 0 bridgehead atoms. The highest BCUT2D eigenvalue weighted by Gasteiger charge is 2.44. The van der Waals surface area contributed by atoms with E-state index in [1.54, 1.807) is 33.2 Å². The summed E-state index contributed by atoms with van der Waals surface area (Å²) < 4.78 is 12.1. The van der Waals surface area contributed by atoms with Gasteiger partial charge in [-0.3, -0.25) is 33.6 Å². The lowest BCUT2D eigenvalue weighted by molar-refractivity contribution is -0.149. The molecular formula is C54H87N3O10. The molecule has 13 heteroatoms. The van der Waals surface area contributed by atoms with Gasteiger partial charge in [-0.2, -0.15) is 0 Å². The van der Waals surface area contributed by atoms with Crippen LogP contribution in [0.4, 0.5) is 0 Å². The summed E-state index contributed by atoms with van der Waals surface area (Å²) in [6.45, 7) is 17.9. The summed E-state index contributed by atoms with van der Waals surface area (Å²) in [6, 6.07) is 7.74. The number of rotatable bonds is 29. The number of ether oxygens (including phenoxy) is 2. The van der Waals surface area contributed by atoms with Crippen LogP contribution < -0.4 is 0 Å². The molecule has 3 amide bonds. The maximum Gasteiger partial charge on any atom is 0.226 e. The minimum Gasteiger partial charge on any atom is -0.388 e. The van der Waals surface area contributed by atoms with Crippen LogP contribution in [0.5, 0.6) is 0 Å². The highest BCUT2D eigenvalue weighted by Crippen LogP contribution is 2.34. The number of likely N-dealkylation sites (tertiary alicyclic amines) is 1. The molecule has 1 N–H and O–H groups in total. The molecule has 1 aliphatic carbocycles. The lowest BCUT2D eigenvalue weighted by Gasteiger charge is -2.41. The molecule has 1 saturated heterocycles. The van der Waals surface area contributed by atoms with Gasteiger partial charge in [0.1, 0.15) is 17.3 Å². The Labute approximate surface area is 402 Å². The summed E-state index contributed by atoms with van der Waals surface area (Å²) in [4.78, 5) is 100. The average Bonchev–Trinajstić information content (AvgIpc) is 3.90. The number of methoxy groups -OCH3 is 2. The molecule has 0 aromatic heterocycles. The fourth-order valence-corrected chi connectivity index (χ4v) is 10.9. The maximum atomic E-state index is 14.7. The van der Waals surface area contributed by atoms with Gasteiger partial charge in [-0.05, 0) is 61.3 Å². The van der Waals surface area contributed by atoms with E-state index in [0.29, 0.717) is 57.9 Å². The van der Waals surface area contributed by atoms with Crippen LogP contribution in [0.25, 0.3) is 0 Å². The van der Waals surface area contributed by atoms with E-state index in [1.807, 2.05) is 97.5 Å². The maximum absolute atomic E-state index is 14.7. The number of likely N-dealkylation sites (N-methyl/N-ethyl adjacent to an activating group) is 2. The molecular weight excluding hydrogens is 851 g/mol. The van der Waals surface area contributed by atoms with Gasteiger partial charge in [0.2, 0.25) is 17.7 Å². The van der Waals surface area contributed by atoms with Crippen LogP contribution in [0, 0.1) is 47.3 Å². The number of aliphatic hydroxyl groups is 1. The van der Waals surface area contributed by atoms with Crippen molar-refractivity contribution < 1.29 is 48.1 Å². The molecule has 1 saturated carbocycles. The quantitative estimate of drug-likeness (QED) is 0.0613. The van der Waals surface area contributed by atoms with Crippen LogP contribution >= 0.6 is 0 Å². The third-order valence-corrected chi connectivity index (χ3v) is 15.3. The van der Waals surface area contributed by atoms with Crippen LogP contribution in [-0.2, 0) is 43.0 Å². The number of benzene rings is 1. The molecule has 2 aliphatic rings. The van der Waals surface area contributed by atoms with E-state index in [2.05, 4.69) is 0 Å². The zero-order valence-corrected chi connectivity index (χ0v) is 43.3. The Hall–Kier alpha value is -3.81. The zero-order chi connectivity index (χ0) is 50.3. The van der Waals surface area contributed by atoms with E-state index in [1.165, 1.54) is 4.90 Å².